The normalized spacial score (nSPS) is 22.4. The Labute approximate surface area is 382 Å². The Morgan fingerprint density at radius 3 is 1.41 bits per heavy atom. The third-order valence-electron chi connectivity index (χ3n) is 9.96. The molecule has 64 heavy (non-hydrogen) atoms. The molecule has 7 N–H and O–H groups in total. The second-order valence-electron chi connectivity index (χ2n) is 15.6. The van der Waals surface area contributed by atoms with Crippen molar-refractivity contribution in [2.45, 2.75) is 178 Å². The van der Waals surface area contributed by atoms with Crippen LogP contribution in [0.25, 0.3) is 0 Å². The molecule has 0 radical (unpaired) electrons. The standard InChI is InChI=1S/C49H79O14P/c1-2-3-4-5-6-7-8-9-10-12-15-18-21-24-27-30-33-36-42(51)60-39-41(40-61-64(58,59)63-49-47(56)45(54)44(53)46(55)48(49)57)62-43(52)37-34-31-28-25-22-19-16-13-11-14-17-20-23-26-29-32-35-38-50/h3-4,6-7,9-11,14-16,18-20,23,25,28,41,44-50,53-57H,2,5,8,12-13,17,21-22,24,26-27,29-40H2,1H3,(H,58,59)/b4-3-,7-6-,10-9-,14-11-,18-15-,19-16-,23-20-,28-25-/t41-,44?,45-,46+,47-,48-,49?/m1/s1. The second kappa shape index (κ2) is 38.9. The van der Waals surface area contributed by atoms with Crippen molar-refractivity contribution in [3.63, 3.8) is 0 Å². The topological polar surface area (TPSA) is 230 Å². The highest BCUT2D eigenvalue weighted by molar-refractivity contribution is 7.47. The largest absolute Gasteiger partial charge is 0.472 e. The molecule has 0 saturated heterocycles. The molecule has 0 aliphatic heterocycles. The lowest BCUT2D eigenvalue weighted by Crippen LogP contribution is -2.64. The summed E-state index contributed by atoms with van der Waals surface area (Å²) in [6.07, 6.45) is 36.2. The molecule has 0 amide bonds. The highest BCUT2D eigenvalue weighted by Gasteiger charge is 2.51. The predicted octanol–water partition coefficient (Wildman–Crippen LogP) is 8.03. The number of ether oxygens (including phenoxy) is 2. The van der Waals surface area contributed by atoms with E-state index in [0.717, 1.165) is 96.3 Å². The first-order valence-corrected chi connectivity index (χ1v) is 24.6. The van der Waals surface area contributed by atoms with Crippen LogP contribution in [-0.2, 0) is 32.7 Å². The van der Waals surface area contributed by atoms with Crippen LogP contribution in [0, 0.1) is 0 Å². The molecular weight excluding hydrogens is 843 g/mol. The zero-order valence-electron chi connectivity index (χ0n) is 38.0. The first kappa shape index (κ1) is 58.7. The number of carbonyl (C=O) groups is 2. The third-order valence-corrected chi connectivity index (χ3v) is 10.9. The van der Waals surface area contributed by atoms with Crippen molar-refractivity contribution in [1.82, 2.24) is 0 Å². The van der Waals surface area contributed by atoms with Crippen LogP contribution in [-0.4, -0.2) is 110 Å². The van der Waals surface area contributed by atoms with Gasteiger partial charge >= 0.3 is 19.8 Å². The molecule has 1 aliphatic rings. The average Bonchev–Trinajstić information content (AvgIpc) is 3.28. The first-order chi connectivity index (χ1) is 30.9. The molecule has 1 saturated carbocycles. The molecule has 3 unspecified atom stereocenters. The summed E-state index contributed by atoms with van der Waals surface area (Å²) in [5, 5.41) is 59.0. The van der Waals surface area contributed by atoms with Gasteiger partial charge < -0.3 is 45.0 Å². The SMILES string of the molecule is CC/C=C\C/C=C\C/C=C\C/C=C\CCCCCCC(=O)OC[C@H](COP(=O)(O)OC1[C@H](O)[C@H](O)C(O)[C@H](O)[C@H]1O)OC(=O)CCC/C=C\C/C=C\C/C=C\C/C=C\CCCCCO. The van der Waals surface area contributed by atoms with E-state index in [9.17, 15) is 44.6 Å². The summed E-state index contributed by atoms with van der Waals surface area (Å²) >= 11 is 0. The van der Waals surface area contributed by atoms with E-state index in [1.54, 1.807) is 0 Å². The van der Waals surface area contributed by atoms with Crippen molar-refractivity contribution >= 4 is 19.8 Å². The van der Waals surface area contributed by atoms with Crippen LogP contribution in [0.2, 0.25) is 0 Å². The van der Waals surface area contributed by atoms with E-state index in [0.29, 0.717) is 19.3 Å². The number of hydrogen-bond acceptors (Lipinski definition) is 13. The van der Waals surface area contributed by atoms with E-state index in [4.69, 9.17) is 23.6 Å². The average molecular weight is 923 g/mol. The molecular formula is C49H79O14P. The van der Waals surface area contributed by atoms with Gasteiger partial charge in [-0.15, -0.1) is 0 Å². The van der Waals surface area contributed by atoms with Crippen LogP contribution in [0.15, 0.2) is 97.2 Å². The number of phosphoric acid groups is 1. The minimum absolute atomic E-state index is 0.000707. The van der Waals surface area contributed by atoms with Gasteiger partial charge in [-0.2, -0.15) is 0 Å². The van der Waals surface area contributed by atoms with E-state index >= 15 is 0 Å². The van der Waals surface area contributed by atoms with Gasteiger partial charge in [0.2, 0.25) is 0 Å². The fourth-order valence-corrected chi connectivity index (χ4v) is 7.22. The zero-order valence-corrected chi connectivity index (χ0v) is 38.9. The molecule has 364 valence electrons. The maximum absolute atomic E-state index is 12.8. The van der Waals surface area contributed by atoms with E-state index in [-0.39, 0.29) is 19.4 Å². The van der Waals surface area contributed by atoms with Crippen LogP contribution in [0.3, 0.4) is 0 Å². The summed E-state index contributed by atoms with van der Waals surface area (Å²) in [6.45, 7) is 1.11. The van der Waals surface area contributed by atoms with E-state index in [1.807, 2.05) is 12.2 Å². The highest BCUT2D eigenvalue weighted by Crippen LogP contribution is 2.47. The van der Waals surface area contributed by atoms with Gasteiger partial charge in [-0.05, 0) is 96.3 Å². The van der Waals surface area contributed by atoms with E-state index in [1.165, 1.54) is 0 Å². The minimum atomic E-state index is -5.15. The summed E-state index contributed by atoms with van der Waals surface area (Å²) < 4.78 is 33.4. The molecule has 1 rings (SSSR count). The van der Waals surface area contributed by atoms with Crippen molar-refractivity contribution in [3.05, 3.63) is 97.2 Å². The molecule has 1 fully saturated rings. The number of carbonyl (C=O) groups excluding carboxylic acids is 2. The number of unbranched alkanes of at least 4 members (excludes halogenated alkanes) is 8. The van der Waals surface area contributed by atoms with Gasteiger partial charge in [0.1, 0.15) is 43.2 Å². The fourth-order valence-electron chi connectivity index (χ4n) is 6.25. The quantitative estimate of drug-likeness (QED) is 0.0135. The van der Waals surface area contributed by atoms with Crippen LogP contribution < -0.4 is 0 Å². The van der Waals surface area contributed by atoms with Crippen LogP contribution in [0.5, 0.6) is 0 Å². The Morgan fingerprint density at radius 1 is 0.516 bits per heavy atom. The maximum Gasteiger partial charge on any atom is 0.472 e. The van der Waals surface area contributed by atoms with Gasteiger partial charge in [0.25, 0.3) is 0 Å². The van der Waals surface area contributed by atoms with Gasteiger partial charge in [-0.3, -0.25) is 18.6 Å². The summed E-state index contributed by atoms with van der Waals surface area (Å²) in [4.78, 5) is 35.7. The maximum atomic E-state index is 12.8. The minimum Gasteiger partial charge on any atom is -0.462 e. The number of esters is 2. The van der Waals surface area contributed by atoms with Crippen molar-refractivity contribution in [2.24, 2.45) is 0 Å². The monoisotopic (exact) mass is 923 g/mol. The lowest BCUT2D eigenvalue weighted by Gasteiger charge is -2.41. The van der Waals surface area contributed by atoms with E-state index < -0.39 is 75.7 Å². The fraction of sp³-hybridized carbons (Fsp3) is 0.633. The lowest BCUT2D eigenvalue weighted by atomic mass is 9.85. The van der Waals surface area contributed by atoms with Crippen molar-refractivity contribution in [3.8, 4) is 0 Å². The van der Waals surface area contributed by atoms with Crippen LogP contribution >= 0.6 is 7.82 Å². The second-order valence-corrected chi connectivity index (χ2v) is 17.0. The van der Waals surface area contributed by atoms with E-state index in [2.05, 4.69) is 92.0 Å². The molecule has 14 nitrogen and oxygen atoms in total. The summed E-state index contributed by atoms with van der Waals surface area (Å²) in [7, 11) is -5.15. The molecule has 0 aromatic carbocycles. The Balaban J connectivity index is 2.53. The predicted molar refractivity (Wildman–Crippen MR) is 250 cm³/mol. The number of aliphatic hydroxyl groups is 6. The summed E-state index contributed by atoms with van der Waals surface area (Å²) in [5.41, 5.74) is 0. The van der Waals surface area contributed by atoms with Gasteiger partial charge in [-0.1, -0.05) is 123 Å². The van der Waals surface area contributed by atoms with Gasteiger partial charge in [0, 0.05) is 19.4 Å². The van der Waals surface area contributed by atoms with Gasteiger partial charge in [0.05, 0.1) is 6.61 Å². The van der Waals surface area contributed by atoms with Gasteiger partial charge in [0.15, 0.2) is 6.10 Å². The van der Waals surface area contributed by atoms with Crippen molar-refractivity contribution in [1.29, 1.82) is 0 Å². The van der Waals surface area contributed by atoms with Gasteiger partial charge in [-0.25, -0.2) is 4.57 Å². The number of allylic oxidation sites excluding steroid dienone is 16. The summed E-state index contributed by atoms with van der Waals surface area (Å²) in [6, 6.07) is 0. The molecule has 0 aromatic heterocycles. The third kappa shape index (κ3) is 30.8. The molecule has 1 aliphatic carbocycles. The smallest absolute Gasteiger partial charge is 0.462 e. The molecule has 8 atom stereocenters. The number of hydrogen-bond donors (Lipinski definition) is 7. The Morgan fingerprint density at radius 2 is 0.922 bits per heavy atom. The summed E-state index contributed by atoms with van der Waals surface area (Å²) in [5.74, 6) is -1.22. The molecule has 0 spiro atoms. The van der Waals surface area contributed by atoms with Crippen LogP contribution in [0.4, 0.5) is 0 Å². The Hall–Kier alpha value is -3.27. The first-order valence-electron chi connectivity index (χ1n) is 23.1. The Bertz CT molecular complexity index is 1490. The highest BCUT2D eigenvalue weighted by atomic mass is 31.2. The number of rotatable bonds is 37. The van der Waals surface area contributed by atoms with Crippen molar-refractivity contribution < 1.29 is 68.2 Å². The lowest BCUT2D eigenvalue weighted by molar-refractivity contribution is -0.220. The number of aliphatic hydroxyl groups excluding tert-OH is 6. The zero-order chi connectivity index (χ0) is 47.1. The van der Waals surface area contributed by atoms with Crippen LogP contribution in [0.1, 0.15) is 135 Å². The molecule has 0 aromatic rings. The Kier molecular flexibility index (Phi) is 35.8. The number of phosphoric ester groups is 1. The molecule has 0 bridgehead atoms. The molecule has 15 heteroatoms. The molecule has 0 heterocycles. The van der Waals surface area contributed by atoms with Crippen molar-refractivity contribution in [2.75, 3.05) is 19.8 Å².